The summed E-state index contributed by atoms with van der Waals surface area (Å²) in [4.78, 5) is 31.2. The van der Waals surface area contributed by atoms with Crippen LogP contribution in [0.2, 0.25) is 5.02 Å². The van der Waals surface area contributed by atoms with Crippen molar-refractivity contribution < 1.29 is 9.84 Å². The van der Waals surface area contributed by atoms with E-state index in [4.69, 9.17) is 16.3 Å². The molecule has 2 heterocycles. The highest BCUT2D eigenvalue weighted by atomic mass is 79.9. The molecule has 4 rings (SSSR count). The number of benzene rings is 2. The van der Waals surface area contributed by atoms with Gasteiger partial charge in [-0.25, -0.2) is 10.2 Å². The van der Waals surface area contributed by atoms with Crippen LogP contribution in [0, 0.1) is 0 Å². The quantitative estimate of drug-likeness (QED) is 0.230. The first-order valence-corrected chi connectivity index (χ1v) is 11.3. The number of aliphatic hydroxyl groups is 1. The molecule has 0 aliphatic heterocycles. The number of H-pyrrole nitrogens is 1. The van der Waals surface area contributed by atoms with Crippen molar-refractivity contribution in [2.45, 2.75) is 12.6 Å². The first-order valence-electron chi connectivity index (χ1n) is 10.1. The molecule has 2 aromatic carbocycles. The average molecular weight is 548 g/mol. The Morgan fingerprint density at radius 1 is 1.24 bits per heavy atom. The van der Waals surface area contributed by atoms with E-state index in [0.717, 1.165) is 10.0 Å². The van der Waals surface area contributed by atoms with Gasteiger partial charge in [0.05, 0.1) is 12.8 Å². The molecule has 0 aliphatic carbocycles. The van der Waals surface area contributed by atoms with Gasteiger partial charge in [-0.3, -0.25) is 14.3 Å². The molecule has 1 atom stereocenters. The van der Waals surface area contributed by atoms with Crippen LogP contribution in [0.25, 0.3) is 11.2 Å². The number of aliphatic hydroxyl groups excluding tert-OH is 1. The monoisotopic (exact) mass is 546 g/mol. The van der Waals surface area contributed by atoms with Crippen molar-refractivity contribution in [3.8, 4) is 5.75 Å². The SMILES string of the molecule is Cn1c(=O)[nH]c(=O)c2c1nc(N/N=C\c1ccc(Br)cc1)n2C[C@@H](O)COc1ccc(Cl)cc1. The minimum absolute atomic E-state index is 0.0402. The van der Waals surface area contributed by atoms with Crippen molar-refractivity contribution in [2.75, 3.05) is 12.0 Å². The number of aromatic nitrogens is 4. The molecule has 4 aromatic rings. The summed E-state index contributed by atoms with van der Waals surface area (Å²) in [7, 11) is 1.49. The summed E-state index contributed by atoms with van der Waals surface area (Å²) in [6, 6.07) is 14.2. The summed E-state index contributed by atoms with van der Waals surface area (Å²) in [5.41, 5.74) is 2.68. The van der Waals surface area contributed by atoms with Crippen LogP contribution < -0.4 is 21.4 Å². The number of imidazole rings is 1. The van der Waals surface area contributed by atoms with Crippen LogP contribution in [0.3, 0.4) is 0 Å². The lowest BCUT2D eigenvalue weighted by molar-refractivity contribution is 0.0938. The second-order valence-corrected chi connectivity index (χ2v) is 8.73. The highest BCUT2D eigenvalue weighted by molar-refractivity contribution is 9.10. The Kier molecular flexibility index (Phi) is 7.15. The van der Waals surface area contributed by atoms with Crippen molar-refractivity contribution >= 4 is 50.9 Å². The molecule has 0 radical (unpaired) electrons. The predicted octanol–water partition coefficient (Wildman–Crippen LogP) is 2.73. The third-order valence-electron chi connectivity index (χ3n) is 4.90. The maximum absolute atomic E-state index is 12.6. The molecule has 0 saturated carbocycles. The van der Waals surface area contributed by atoms with Crippen LogP contribution in [0.4, 0.5) is 5.95 Å². The van der Waals surface area contributed by atoms with Gasteiger partial charge in [0.1, 0.15) is 18.5 Å². The van der Waals surface area contributed by atoms with E-state index in [1.54, 1.807) is 30.5 Å². The number of hydrogen-bond acceptors (Lipinski definition) is 7. The number of hydrazone groups is 1. The zero-order valence-electron chi connectivity index (χ0n) is 17.9. The second kappa shape index (κ2) is 10.2. The zero-order valence-corrected chi connectivity index (χ0v) is 20.2. The van der Waals surface area contributed by atoms with Crippen LogP contribution in [-0.2, 0) is 13.6 Å². The Hall–Kier alpha value is -3.41. The molecule has 0 bridgehead atoms. The standard InChI is InChI=1S/C22H20BrClN6O4/c1-29-19-18(20(32)27-22(29)33)30(11-16(31)12-34-17-8-6-15(24)7-9-17)21(26-19)28-25-10-13-2-4-14(23)5-3-13/h2-10,16,31H,11-12H2,1H3,(H,26,28)(H,27,32,33)/b25-10-/t16-/m1/s1. The van der Waals surface area contributed by atoms with Gasteiger partial charge in [-0.05, 0) is 42.0 Å². The lowest BCUT2D eigenvalue weighted by atomic mass is 10.2. The molecule has 3 N–H and O–H groups in total. The number of anilines is 1. The van der Waals surface area contributed by atoms with Gasteiger partial charge in [0.25, 0.3) is 5.56 Å². The van der Waals surface area contributed by atoms with Gasteiger partial charge in [0, 0.05) is 16.5 Å². The number of nitrogens with zero attached hydrogens (tertiary/aromatic N) is 4. The van der Waals surface area contributed by atoms with E-state index < -0.39 is 17.4 Å². The van der Waals surface area contributed by atoms with Crippen LogP contribution in [0.1, 0.15) is 5.56 Å². The van der Waals surface area contributed by atoms with Gasteiger partial charge in [0.2, 0.25) is 5.95 Å². The topological polar surface area (TPSA) is 127 Å². The molecule has 0 fully saturated rings. The molecule has 0 amide bonds. The average Bonchev–Trinajstić information content (AvgIpc) is 3.17. The molecule has 0 aliphatic rings. The van der Waals surface area contributed by atoms with Crippen molar-refractivity contribution in [1.29, 1.82) is 0 Å². The van der Waals surface area contributed by atoms with E-state index in [9.17, 15) is 14.7 Å². The van der Waals surface area contributed by atoms with Gasteiger partial charge in [-0.15, -0.1) is 0 Å². The second-order valence-electron chi connectivity index (χ2n) is 7.38. The van der Waals surface area contributed by atoms with Crippen LogP contribution in [0.15, 0.2) is 67.7 Å². The summed E-state index contributed by atoms with van der Waals surface area (Å²) >= 11 is 9.25. The Bertz CT molecular complexity index is 1440. The maximum atomic E-state index is 12.6. The van der Waals surface area contributed by atoms with E-state index in [1.165, 1.54) is 16.2 Å². The Morgan fingerprint density at radius 2 is 1.94 bits per heavy atom. The highest BCUT2D eigenvalue weighted by Gasteiger charge is 2.20. The zero-order chi connectivity index (χ0) is 24.2. The normalized spacial score (nSPS) is 12.4. The van der Waals surface area contributed by atoms with Gasteiger partial charge in [-0.1, -0.05) is 39.7 Å². The van der Waals surface area contributed by atoms with Crippen LogP contribution in [0.5, 0.6) is 5.75 Å². The molecule has 12 heteroatoms. The number of hydrogen-bond donors (Lipinski definition) is 3. The molecule has 2 aromatic heterocycles. The van der Waals surface area contributed by atoms with Crippen molar-refractivity contribution in [2.24, 2.45) is 12.1 Å². The van der Waals surface area contributed by atoms with E-state index in [1.807, 2.05) is 24.3 Å². The fourth-order valence-electron chi connectivity index (χ4n) is 3.20. The van der Waals surface area contributed by atoms with Crippen molar-refractivity contribution in [3.63, 3.8) is 0 Å². The third kappa shape index (κ3) is 5.38. The number of rotatable bonds is 8. The minimum atomic E-state index is -0.999. The fraction of sp³-hybridized carbons (Fsp3) is 0.182. The number of halogens is 2. The summed E-state index contributed by atoms with van der Waals surface area (Å²) in [6.45, 7) is -0.0892. The molecule has 0 spiro atoms. The van der Waals surface area contributed by atoms with E-state index in [-0.39, 0.29) is 30.3 Å². The molecule has 34 heavy (non-hydrogen) atoms. The summed E-state index contributed by atoms with van der Waals surface area (Å²) in [5, 5.41) is 15.4. The smallest absolute Gasteiger partial charge is 0.329 e. The number of aryl methyl sites for hydroxylation is 1. The fourth-order valence-corrected chi connectivity index (χ4v) is 3.59. The lowest BCUT2D eigenvalue weighted by Crippen LogP contribution is -2.30. The Morgan fingerprint density at radius 3 is 2.65 bits per heavy atom. The number of nitrogens with one attached hydrogen (secondary N) is 2. The van der Waals surface area contributed by atoms with Crippen LogP contribution >= 0.6 is 27.5 Å². The van der Waals surface area contributed by atoms with Crippen molar-refractivity contribution in [3.05, 3.63) is 84.4 Å². The summed E-state index contributed by atoms with van der Waals surface area (Å²) in [5.74, 6) is 0.720. The molecular formula is C22H20BrClN6O4. The van der Waals surface area contributed by atoms with E-state index in [0.29, 0.717) is 10.8 Å². The first-order chi connectivity index (χ1) is 16.3. The van der Waals surface area contributed by atoms with Gasteiger partial charge < -0.3 is 14.4 Å². The largest absolute Gasteiger partial charge is 0.491 e. The molecule has 10 nitrogen and oxygen atoms in total. The van der Waals surface area contributed by atoms with Gasteiger partial charge in [0.15, 0.2) is 11.2 Å². The highest BCUT2D eigenvalue weighted by Crippen LogP contribution is 2.18. The Labute approximate surface area is 206 Å². The number of aromatic amines is 1. The molecule has 176 valence electrons. The summed E-state index contributed by atoms with van der Waals surface area (Å²) < 4.78 is 9.22. The summed E-state index contributed by atoms with van der Waals surface area (Å²) in [6.07, 6.45) is 0.583. The Balaban J connectivity index is 1.60. The maximum Gasteiger partial charge on any atom is 0.329 e. The first kappa shape index (κ1) is 23.7. The van der Waals surface area contributed by atoms with E-state index in [2.05, 4.69) is 36.4 Å². The molecule has 0 saturated heterocycles. The molecule has 0 unspecified atom stereocenters. The third-order valence-corrected chi connectivity index (χ3v) is 5.69. The van der Waals surface area contributed by atoms with Gasteiger partial charge >= 0.3 is 5.69 Å². The van der Waals surface area contributed by atoms with E-state index >= 15 is 0 Å². The predicted molar refractivity (Wildman–Crippen MR) is 134 cm³/mol. The lowest BCUT2D eigenvalue weighted by Gasteiger charge is -2.15. The van der Waals surface area contributed by atoms with Crippen LogP contribution in [-0.4, -0.2) is 43.1 Å². The minimum Gasteiger partial charge on any atom is -0.491 e. The van der Waals surface area contributed by atoms with Crippen molar-refractivity contribution in [1.82, 2.24) is 19.1 Å². The van der Waals surface area contributed by atoms with Gasteiger partial charge in [-0.2, -0.15) is 10.1 Å². The molecular weight excluding hydrogens is 528 g/mol. The number of ether oxygens (including phenoxy) is 1. The number of fused-ring (bicyclic) bond motifs is 1.